The minimum Gasteiger partial charge on any atom is -0.317 e. The minimum atomic E-state index is 1.03. The molecule has 3 heterocycles. The van der Waals surface area contributed by atoms with Gasteiger partial charge in [-0.3, -0.25) is 4.99 Å². The fraction of sp³-hybridized carbons (Fsp3) is 0.0645. The van der Waals surface area contributed by atoms with Gasteiger partial charge in [0.2, 0.25) is 0 Å². The van der Waals surface area contributed by atoms with Crippen LogP contribution in [0.5, 0.6) is 0 Å². The van der Waals surface area contributed by atoms with Crippen LogP contribution in [0.4, 0.5) is 0 Å². The highest BCUT2D eigenvalue weighted by molar-refractivity contribution is 6.13. The lowest BCUT2D eigenvalue weighted by atomic mass is 10.1. The van der Waals surface area contributed by atoms with Gasteiger partial charge in [0.05, 0.1) is 22.2 Å². The topological polar surface area (TPSA) is 22.2 Å². The van der Waals surface area contributed by atoms with Crippen LogP contribution in [-0.4, -0.2) is 15.3 Å². The molecule has 0 saturated heterocycles. The summed E-state index contributed by atoms with van der Waals surface area (Å²) in [5.74, 6) is 0. The van der Waals surface area contributed by atoms with E-state index in [4.69, 9.17) is 0 Å². The molecule has 0 spiro atoms. The van der Waals surface area contributed by atoms with Gasteiger partial charge in [-0.15, -0.1) is 0 Å². The molecular weight excluding hydrogens is 414 g/mol. The van der Waals surface area contributed by atoms with Crippen LogP contribution < -0.4 is 0 Å². The molecule has 1 aliphatic rings. The van der Waals surface area contributed by atoms with Crippen LogP contribution in [0.1, 0.15) is 18.4 Å². The van der Waals surface area contributed by atoms with Gasteiger partial charge in [-0.25, -0.2) is 0 Å². The number of fused-ring (bicyclic) bond motifs is 4. The molecule has 0 bridgehead atoms. The Hall–Kier alpha value is -4.37. The fourth-order valence-electron chi connectivity index (χ4n) is 5.17. The average molecular weight is 438 g/mol. The number of aliphatic imine (C=N–C) groups is 1. The summed E-state index contributed by atoms with van der Waals surface area (Å²) in [5, 5.41) is 3.77. The van der Waals surface area contributed by atoms with Gasteiger partial charge < -0.3 is 9.13 Å². The molecule has 0 fully saturated rings. The summed E-state index contributed by atoms with van der Waals surface area (Å²) >= 11 is 0. The van der Waals surface area contributed by atoms with Crippen molar-refractivity contribution in [2.24, 2.45) is 4.99 Å². The molecule has 162 valence electrons. The predicted molar refractivity (Wildman–Crippen MR) is 143 cm³/mol. The molecule has 0 radical (unpaired) electrons. The molecule has 0 N–H and O–H groups in total. The third-order valence-electron chi connectivity index (χ3n) is 6.80. The summed E-state index contributed by atoms with van der Waals surface area (Å²) in [7, 11) is 0. The molecule has 0 saturated carbocycles. The Balaban J connectivity index is 1.42. The fourth-order valence-corrected chi connectivity index (χ4v) is 5.17. The zero-order valence-electron chi connectivity index (χ0n) is 18.7. The van der Waals surface area contributed by atoms with Crippen LogP contribution in [0.2, 0.25) is 0 Å². The molecule has 34 heavy (non-hydrogen) atoms. The van der Waals surface area contributed by atoms with Crippen molar-refractivity contribution in [1.29, 1.82) is 0 Å². The minimum absolute atomic E-state index is 1.03. The third kappa shape index (κ3) is 2.94. The lowest BCUT2D eigenvalue weighted by Crippen LogP contribution is -1.94. The maximum atomic E-state index is 4.56. The molecule has 0 unspecified atom stereocenters. The number of aromatic nitrogens is 2. The van der Waals surface area contributed by atoms with E-state index in [-0.39, 0.29) is 0 Å². The first-order chi connectivity index (χ1) is 16.9. The largest absolute Gasteiger partial charge is 0.317 e. The van der Waals surface area contributed by atoms with E-state index >= 15 is 0 Å². The summed E-state index contributed by atoms with van der Waals surface area (Å²) in [6.45, 7) is 0. The van der Waals surface area contributed by atoms with E-state index in [2.05, 4.69) is 123 Å². The van der Waals surface area contributed by atoms with Gasteiger partial charge in [0.25, 0.3) is 0 Å². The van der Waals surface area contributed by atoms with Crippen LogP contribution in [0, 0.1) is 0 Å². The number of nitrogens with zero attached hydrogens (tertiary/aromatic N) is 3. The highest BCUT2D eigenvalue weighted by Crippen LogP contribution is 2.35. The van der Waals surface area contributed by atoms with Crippen LogP contribution in [0.15, 0.2) is 114 Å². The Bertz CT molecular complexity index is 1730. The number of para-hydroxylation sites is 2. The average Bonchev–Trinajstić information content (AvgIpc) is 3.47. The lowest BCUT2D eigenvalue weighted by Gasteiger charge is -2.10. The first kappa shape index (κ1) is 19.1. The second-order valence-corrected chi connectivity index (χ2v) is 8.83. The van der Waals surface area contributed by atoms with E-state index < -0.39 is 0 Å². The van der Waals surface area contributed by atoms with Crippen molar-refractivity contribution in [3.8, 4) is 11.4 Å². The summed E-state index contributed by atoms with van der Waals surface area (Å²) < 4.78 is 4.65. The van der Waals surface area contributed by atoms with E-state index in [9.17, 15) is 0 Å². The maximum Gasteiger partial charge on any atom is 0.0658 e. The zero-order valence-corrected chi connectivity index (χ0v) is 18.7. The first-order valence-electron chi connectivity index (χ1n) is 11.8. The van der Waals surface area contributed by atoms with Gasteiger partial charge in [-0.2, -0.15) is 0 Å². The summed E-state index contributed by atoms with van der Waals surface area (Å²) in [5.41, 5.74) is 8.26. The molecule has 6 aromatic rings. The van der Waals surface area contributed by atoms with E-state index in [0.717, 1.165) is 24.2 Å². The molecule has 7 rings (SSSR count). The smallest absolute Gasteiger partial charge is 0.0658 e. The zero-order chi connectivity index (χ0) is 22.5. The van der Waals surface area contributed by atoms with Gasteiger partial charge >= 0.3 is 0 Å². The number of hydrogen-bond donors (Lipinski definition) is 0. The highest BCUT2D eigenvalue weighted by Gasteiger charge is 2.15. The van der Waals surface area contributed by atoms with Gasteiger partial charge in [0.1, 0.15) is 0 Å². The van der Waals surface area contributed by atoms with E-state index in [1.807, 2.05) is 6.21 Å². The highest BCUT2D eigenvalue weighted by atomic mass is 15.0. The van der Waals surface area contributed by atoms with E-state index in [1.165, 1.54) is 44.0 Å². The Morgan fingerprint density at radius 3 is 2.26 bits per heavy atom. The quantitative estimate of drug-likeness (QED) is 0.268. The number of benzene rings is 4. The number of allylic oxidation sites excluding steroid dienone is 1. The van der Waals surface area contributed by atoms with Crippen LogP contribution in [-0.2, 0) is 0 Å². The van der Waals surface area contributed by atoms with Crippen molar-refractivity contribution < 1.29 is 0 Å². The monoisotopic (exact) mass is 437 g/mol. The van der Waals surface area contributed by atoms with Crippen molar-refractivity contribution >= 4 is 44.6 Å². The van der Waals surface area contributed by atoms with Gasteiger partial charge in [-0.05, 0) is 66.9 Å². The second-order valence-electron chi connectivity index (χ2n) is 8.83. The number of rotatable bonds is 3. The van der Waals surface area contributed by atoms with Gasteiger partial charge in [-0.1, -0.05) is 54.6 Å². The molecule has 0 amide bonds. The molecule has 4 aromatic carbocycles. The Kier molecular flexibility index (Phi) is 4.28. The molecule has 2 aromatic heterocycles. The lowest BCUT2D eigenvalue weighted by molar-refractivity contribution is 1.09. The summed E-state index contributed by atoms with van der Waals surface area (Å²) in [4.78, 5) is 4.56. The van der Waals surface area contributed by atoms with Crippen LogP contribution >= 0.6 is 0 Å². The van der Waals surface area contributed by atoms with Gasteiger partial charge in [0.15, 0.2) is 0 Å². The molecule has 1 aliphatic heterocycles. The van der Waals surface area contributed by atoms with Crippen molar-refractivity contribution in [2.45, 2.75) is 12.8 Å². The van der Waals surface area contributed by atoms with E-state index in [1.54, 1.807) is 0 Å². The molecule has 0 aliphatic carbocycles. The van der Waals surface area contributed by atoms with Crippen molar-refractivity contribution in [1.82, 2.24) is 9.13 Å². The summed E-state index contributed by atoms with van der Waals surface area (Å²) in [6, 6.07) is 34.9. The molecule has 3 nitrogen and oxygen atoms in total. The van der Waals surface area contributed by atoms with Crippen LogP contribution in [0.3, 0.4) is 0 Å². The first-order valence-corrected chi connectivity index (χ1v) is 11.8. The van der Waals surface area contributed by atoms with Crippen LogP contribution in [0.25, 0.3) is 49.8 Å². The Morgan fingerprint density at radius 2 is 1.44 bits per heavy atom. The van der Waals surface area contributed by atoms with E-state index in [0.29, 0.717) is 0 Å². The Morgan fingerprint density at radius 1 is 0.618 bits per heavy atom. The standard InChI is InChI=1S/C31H23N3/c1-2-8-25(9-3-1)34-29-12-5-4-10-26(29)27-21-30-23(20-31(27)34)17-19-33(30)24-15-13-22(14-16-24)28-11-6-7-18-32-28/h1-5,8-21H,6-7H2. The Labute approximate surface area is 197 Å². The SMILES string of the molecule is C1=NC(c2ccc(-n3ccc4cc5c(cc43)c3ccccc3n5-c3ccccc3)cc2)=CCC1. The predicted octanol–water partition coefficient (Wildman–Crippen LogP) is 7.93. The van der Waals surface area contributed by atoms with Crippen molar-refractivity contribution in [2.75, 3.05) is 0 Å². The normalized spacial score (nSPS) is 13.7. The molecule has 3 heteroatoms. The molecular formula is C31H23N3. The van der Waals surface area contributed by atoms with Gasteiger partial charge in [0, 0.05) is 39.9 Å². The number of hydrogen-bond acceptors (Lipinski definition) is 1. The maximum absolute atomic E-state index is 4.56. The van der Waals surface area contributed by atoms with Crippen molar-refractivity contribution in [3.05, 3.63) is 115 Å². The third-order valence-corrected chi connectivity index (χ3v) is 6.80. The molecule has 0 atom stereocenters. The second kappa shape index (κ2) is 7.60. The summed E-state index contributed by atoms with van der Waals surface area (Å²) in [6.07, 6.45) is 8.51. The van der Waals surface area contributed by atoms with Crippen molar-refractivity contribution in [3.63, 3.8) is 0 Å².